The van der Waals surface area contributed by atoms with Gasteiger partial charge in [-0.2, -0.15) is 5.10 Å². The summed E-state index contributed by atoms with van der Waals surface area (Å²) in [6, 6.07) is 0.167. The summed E-state index contributed by atoms with van der Waals surface area (Å²) in [4.78, 5) is 0. The van der Waals surface area contributed by atoms with E-state index in [2.05, 4.69) is 24.0 Å². The predicted octanol–water partition coefficient (Wildman–Crippen LogP) is 1.84. The van der Waals surface area contributed by atoms with Gasteiger partial charge in [-0.1, -0.05) is 12.5 Å². The van der Waals surface area contributed by atoms with E-state index in [0.29, 0.717) is 0 Å². The van der Waals surface area contributed by atoms with E-state index < -0.39 is 0 Å². The van der Waals surface area contributed by atoms with Crippen LogP contribution in [0, 0.1) is 0 Å². The third-order valence-electron chi connectivity index (χ3n) is 2.71. The molecular weight excluding hydrogens is 200 g/mol. The lowest BCUT2D eigenvalue weighted by molar-refractivity contribution is 0.512. The van der Waals surface area contributed by atoms with Crippen molar-refractivity contribution in [2.45, 2.75) is 39.2 Å². The fourth-order valence-corrected chi connectivity index (χ4v) is 1.84. The number of nitrogens with two attached hydrogens (primary N) is 1. The molecule has 0 aromatic carbocycles. The minimum atomic E-state index is 0.167. The lowest BCUT2D eigenvalue weighted by atomic mass is 10.0. The van der Waals surface area contributed by atoms with Gasteiger partial charge in [0.05, 0.1) is 5.69 Å². The summed E-state index contributed by atoms with van der Waals surface area (Å²) in [5.41, 5.74) is 6.37. The van der Waals surface area contributed by atoms with Gasteiger partial charge in [-0.05, 0) is 26.2 Å². The standard InChI is InChI=1S/C12H22N4/c1-5-11-10(8-16(4)15-11)12(14-13)7-6-9(2)3/h8,12,14H,2,5-7,13H2,1,3-4H3. The van der Waals surface area contributed by atoms with E-state index in [1.165, 1.54) is 11.1 Å². The highest BCUT2D eigenvalue weighted by molar-refractivity contribution is 5.21. The highest BCUT2D eigenvalue weighted by atomic mass is 15.3. The second kappa shape index (κ2) is 5.82. The quantitative estimate of drug-likeness (QED) is 0.439. The Morgan fingerprint density at radius 2 is 2.38 bits per heavy atom. The maximum Gasteiger partial charge on any atom is 0.0670 e. The molecule has 1 unspecified atom stereocenters. The maximum atomic E-state index is 5.61. The van der Waals surface area contributed by atoms with Crippen molar-refractivity contribution in [3.63, 3.8) is 0 Å². The number of allylic oxidation sites excluding steroid dienone is 1. The largest absolute Gasteiger partial charge is 0.275 e. The lowest BCUT2D eigenvalue weighted by Crippen LogP contribution is -2.28. The van der Waals surface area contributed by atoms with Crippen LogP contribution in [0.5, 0.6) is 0 Å². The van der Waals surface area contributed by atoms with Crippen molar-refractivity contribution in [2.24, 2.45) is 12.9 Å². The average Bonchev–Trinajstić information content (AvgIpc) is 2.60. The summed E-state index contributed by atoms with van der Waals surface area (Å²) in [6.07, 6.45) is 4.92. The number of nitrogens with one attached hydrogen (secondary N) is 1. The third-order valence-corrected chi connectivity index (χ3v) is 2.71. The van der Waals surface area contributed by atoms with Crippen LogP contribution < -0.4 is 11.3 Å². The Kier molecular flexibility index (Phi) is 4.71. The van der Waals surface area contributed by atoms with Crippen molar-refractivity contribution >= 4 is 0 Å². The minimum Gasteiger partial charge on any atom is -0.275 e. The molecule has 1 heterocycles. The van der Waals surface area contributed by atoms with Crippen molar-refractivity contribution < 1.29 is 0 Å². The molecule has 0 spiro atoms. The molecule has 16 heavy (non-hydrogen) atoms. The molecule has 4 heteroatoms. The van der Waals surface area contributed by atoms with Gasteiger partial charge in [0.1, 0.15) is 0 Å². The van der Waals surface area contributed by atoms with Gasteiger partial charge in [0.25, 0.3) is 0 Å². The van der Waals surface area contributed by atoms with E-state index in [9.17, 15) is 0 Å². The van der Waals surface area contributed by atoms with Crippen molar-refractivity contribution in [1.29, 1.82) is 0 Å². The monoisotopic (exact) mass is 222 g/mol. The van der Waals surface area contributed by atoms with Crippen molar-refractivity contribution in [3.05, 3.63) is 29.6 Å². The van der Waals surface area contributed by atoms with E-state index in [-0.39, 0.29) is 6.04 Å². The van der Waals surface area contributed by atoms with Crippen LogP contribution >= 0.6 is 0 Å². The van der Waals surface area contributed by atoms with E-state index in [0.717, 1.165) is 25.0 Å². The van der Waals surface area contributed by atoms with Gasteiger partial charge < -0.3 is 0 Å². The van der Waals surface area contributed by atoms with E-state index in [4.69, 9.17) is 5.84 Å². The summed E-state index contributed by atoms with van der Waals surface area (Å²) in [6.45, 7) is 8.06. The number of nitrogens with zero attached hydrogens (tertiary/aromatic N) is 2. The van der Waals surface area contributed by atoms with Crippen LogP contribution in [0.3, 0.4) is 0 Å². The fourth-order valence-electron chi connectivity index (χ4n) is 1.84. The molecule has 0 bridgehead atoms. The summed E-state index contributed by atoms with van der Waals surface area (Å²) in [5.74, 6) is 5.61. The number of hydrazine groups is 1. The minimum absolute atomic E-state index is 0.167. The van der Waals surface area contributed by atoms with Crippen molar-refractivity contribution in [1.82, 2.24) is 15.2 Å². The van der Waals surface area contributed by atoms with E-state index in [1.807, 2.05) is 24.9 Å². The van der Waals surface area contributed by atoms with Gasteiger partial charge in [0, 0.05) is 24.8 Å². The maximum absolute atomic E-state index is 5.61. The molecule has 0 fully saturated rings. The molecule has 0 saturated heterocycles. The molecule has 3 N–H and O–H groups in total. The molecule has 0 aliphatic carbocycles. The van der Waals surface area contributed by atoms with Gasteiger partial charge in [-0.15, -0.1) is 6.58 Å². The van der Waals surface area contributed by atoms with Crippen LogP contribution in [0.15, 0.2) is 18.3 Å². The smallest absolute Gasteiger partial charge is 0.0670 e. The fraction of sp³-hybridized carbons (Fsp3) is 0.583. The molecule has 1 aromatic rings. The lowest BCUT2D eigenvalue weighted by Gasteiger charge is -2.15. The first-order valence-corrected chi connectivity index (χ1v) is 5.71. The molecule has 4 nitrogen and oxygen atoms in total. The normalized spacial score (nSPS) is 12.8. The van der Waals surface area contributed by atoms with Gasteiger partial charge in [0.15, 0.2) is 0 Å². The van der Waals surface area contributed by atoms with E-state index in [1.54, 1.807) is 0 Å². The number of hydrogen-bond donors (Lipinski definition) is 2. The summed E-state index contributed by atoms with van der Waals surface area (Å²) < 4.78 is 1.85. The summed E-state index contributed by atoms with van der Waals surface area (Å²) in [7, 11) is 1.94. The number of hydrogen-bond acceptors (Lipinski definition) is 3. The SMILES string of the molecule is C=C(C)CCC(NN)c1cn(C)nc1CC. The second-order valence-corrected chi connectivity index (χ2v) is 4.27. The van der Waals surface area contributed by atoms with Crippen molar-refractivity contribution in [2.75, 3.05) is 0 Å². The second-order valence-electron chi connectivity index (χ2n) is 4.27. The zero-order valence-electron chi connectivity index (χ0n) is 10.5. The topological polar surface area (TPSA) is 55.9 Å². The molecule has 90 valence electrons. The molecule has 0 saturated carbocycles. The van der Waals surface area contributed by atoms with Crippen LogP contribution in [-0.4, -0.2) is 9.78 Å². The van der Waals surface area contributed by atoms with Crippen LogP contribution in [-0.2, 0) is 13.5 Å². The van der Waals surface area contributed by atoms with Gasteiger partial charge >= 0.3 is 0 Å². The molecule has 1 atom stereocenters. The van der Waals surface area contributed by atoms with E-state index >= 15 is 0 Å². The molecule has 0 amide bonds. The van der Waals surface area contributed by atoms with Crippen LogP contribution in [0.4, 0.5) is 0 Å². The molecular formula is C12H22N4. The first-order chi connectivity index (χ1) is 7.58. The molecule has 0 aliphatic heterocycles. The Morgan fingerprint density at radius 1 is 1.69 bits per heavy atom. The Hall–Kier alpha value is -1.13. The molecule has 1 aromatic heterocycles. The van der Waals surface area contributed by atoms with Gasteiger partial charge in [-0.25, -0.2) is 0 Å². The van der Waals surface area contributed by atoms with Crippen molar-refractivity contribution in [3.8, 4) is 0 Å². The van der Waals surface area contributed by atoms with Gasteiger partial charge in [-0.3, -0.25) is 16.0 Å². The van der Waals surface area contributed by atoms with Crippen LogP contribution in [0.25, 0.3) is 0 Å². The highest BCUT2D eigenvalue weighted by Crippen LogP contribution is 2.22. The summed E-state index contributed by atoms with van der Waals surface area (Å²) in [5, 5.41) is 4.42. The zero-order valence-corrected chi connectivity index (χ0v) is 10.5. The Bertz CT molecular complexity index is 354. The van der Waals surface area contributed by atoms with Crippen LogP contribution in [0.2, 0.25) is 0 Å². The summed E-state index contributed by atoms with van der Waals surface area (Å²) >= 11 is 0. The van der Waals surface area contributed by atoms with Gasteiger partial charge in [0.2, 0.25) is 0 Å². The molecule has 0 aliphatic rings. The zero-order chi connectivity index (χ0) is 12.1. The highest BCUT2D eigenvalue weighted by Gasteiger charge is 2.16. The Morgan fingerprint density at radius 3 is 2.88 bits per heavy atom. The predicted molar refractivity (Wildman–Crippen MR) is 66.7 cm³/mol. The third kappa shape index (κ3) is 3.18. The number of aromatic nitrogens is 2. The first kappa shape index (κ1) is 12.9. The molecule has 0 radical (unpaired) electrons. The van der Waals surface area contributed by atoms with Crippen LogP contribution in [0.1, 0.15) is 44.0 Å². The Balaban J connectivity index is 2.80. The Labute approximate surface area is 97.5 Å². The number of aryl methyl sites for hydroxylation is 2. The molecule has 1 rings (SSSR count). The first-order valence-electron chi connectivity index (χ1n) is 5.71. The average molecular weight is 222 g/mol. The number of rotatable bonds is 6.